The summed E-state index contributed by atoms with van der Waals surface area (Å²) >= 11 is 0. The van der Waals surface area contributed by atoms with Gasteiger partial charge in [0.2, 0.25) is 9.76 Å². The van der Waals surface area contributed by atoms with E-state index in [1.165, 1.54) is 0 Å². The molecule has 0 saturated heterocycles. The highest BCUT2D eigenvalue weighted by Crippen LogP contribution is 1.79. The first-order valence-electron chi connectivity index (χ1n) is 2.45. The van der Waals surface area contributed by atoms with Gasteiger partial charge in [-0.2, -0.15) is 0 Å². The highest BCUT2D eigenvalue weighted by molar-refractivity contribution is 6.48. The van der Waals surface area contributed by atoms with Crippen LogP contribution in [0.3, 0.4) is 0 Å². The molecule has 0 unspecified atom stereocenters. The third kappa shape index (κ3) is 1.32. The van der Waals surface area contributed by atoms with Crippen molar-refractivity contribution in [1.82, 2.24) is 0 Å². The van der Waals surface area contributed by atoms with Gasteiger partial charge in [-0.1, -0.05) is 0 Å². The van der Waals surface area contributed by atoms with Gasteiger partial charge in [0.1, 0.15) is 15.9 Å². The molecule has 8 heavy (non-hydrogen) atoms. The second-order valence-corrected chi connectivity index (χ2v) is 4.81. The maximum absolute atomic E-state index is 5.07. The van der Waals surface area contributed by atoms with Crippen LogP contribution < -0.4 is 5.38 Å². The predicted octanol–water partition coefficient (Wildman–Crippen LogP) is -1.71. The molecule has 0 aromatic carbocycles. The second-order valence-electron chi connectivity index (χ2n) is 1.51. The van der Waals surface area contributed by atoms with Crippen molar-refractivity contribution < 1.29 is 8.53 Å². The van der Waals surface area contributed by atoms with Gasteiger partial charge in [-0.15, -0.1) is 0 Å². The van der Waals surface area contributed by atoms with Crippen LogP contribution in [0.2, 0.25) is 0 Å². The summed E-state index contributed by atoms with van der Waals surface area (Å²) in [5.74, 6) is 0. The number of hydrogen-bond acceptors (Lipinski definition) is 2. The van der Waals surface area contributed by atoms with Crippen molar-refractivity contribution in [1.29, 1.82) is 0 Å². The van der Waals surface area contributed by atoms with Crippen LogP contribution in [0.1, 0.15) is 0 Å². The van der Waals surface area contributed by atoms with Crippen LogP contribution in [-0.4, -0.2) is 20.2 Å². The van der Waals surface area contributed by atoms with E-state index in [1.54, 1.807) is 6.26 Å². The summed E-state index contributed by atoms with van der Waals surface area (Å²) < 4.78 is 10.1. The van der Waals surface area contributed by atoms with Gasteiger partial charge in [-0.05, 0) is 12.1 Å². The van der Waals surface area contributed by atoms with Crippen molar-refractivity contribution in [2.75, 3.05) is 0 Å². The van der Waals surface area contributed by atoms with E-state index in [1.807, 2.05) is 12.1 Å². The lowest BCUT2D eigenvalue weighted by Crippen LogP contribution is -2.12. The Hall–Kier alpha value is -0.326. The fraction of sp³-hybridized carbons (Fsp3) is 0. The largest absolute Gasteiger partial charge is 0.472 e. The molecule has 0 aliphatic carbocycles. The Morgan fingerprint density at radius 3 is 3.12 bits per heavy atom. The summed E-state index contributed by atoms with van der Waals surface area (Å²) in [6, 6.07) is 3.85. The van der Waals surface area contributed by atoms with Gasteiger partial charge in [0.15, 0.2) is 0 Å². The van der Waals surface area contributed by atoms with Crippen LogP contribution in [0.4, 0.5) is 0 Å². The summed E-state index contributed by atoms with van der Waals surface area (Å²) in [6.07, 6.45) is 1.68. The van der Waals surface area contributed by atoms with Crippen LogP contribution in [0.5, 0.6) is 0 Å². The molecule has 0 fully saturated rings. The molecule has 0 radical (unpaired) electrons. The van der Waals surface area contributed by atoms with Gasteiger partial charge >= 0.3 is 0 Å². The minimum Gasteiger partial charge on any atom is -0.472 e. The molecule has 1 heterocycles. The van der Waals surface area contributed by atoms with E-state index >= 15 is 0 Å². The zero-order valence-corrected chi connectivity index (χ0v) is 8.17. The molecule has 1 rings (SSSR count). The van der Waals surface area contributed by atoms with Crippen molar-refractivity contribution in [3.05, 3.63) is 18.4 Å². The van der Waals surface area contributed by atoms with E-state index in [4.69, 9.17) is 8.53 Å². The Morgan fingerprint density at radius 2 is 2.62 bits per heavy atom. The standard InChI is InChI=1S/C4H8O2Si2/c7-6-8-4-2-1-3-5-4/h1-3H,8H2,7H3. The Morgan fingerprint density at radius 1 is 1.75 bits per heavy atom. The molecule has 4 heteroatoms. The van der Waals surface area contributed by atoms with Crippen LogP contribution >= 0.6 is 0 Å². The molecular formula is C4H8O2Si2. The van der Waals surface area contributed by atoms with Crippen LogP contribution in [-0.2, 0) is 4.12 Å². The second kappa shape index (κ2) is 2.86. The molecule has 2 nitrogen and oxygen atoms in total. The van der Waals surface area contributed by atoms with Crippen molar-refractivity contribution in [3.8, 4) is 0 Å². The van der Waals surface area contributed by atoms with Crippen LogP contribution in [0.15, 0.2) is 22.8 Å². The average Bonchev–Trinajstić information content (AvgIpc) is 2.19. The van der Waals surface area contributed by atoms with Gasteiger partial charge in [0.25, 0.3) is 0 Å². The molecular weight excluding hydrogens is 136 g/mol. The average molecular weight is 144 g/mol. The van der Waals surface area contributed by atoms with E-state index < -0.39 is 9.76 Å². The maximum Gasteiger partial charge on any atom is 0.221 e. The van der Waals surface area contributed by atoms with E-state index in [2.05, 4.69) is 0 Å². The predicted molar refractivity (Wildman–Crippen MR) is 37.9 cm³/mol. The van der Waals surface area contributed by atoms with E-state index in [9.17, 15) is 0 Å². The monoisotopic (exact) mass is 144 g/mol. The van der Waals surface area contributed by atoms with E-state index in [0.717, 1.165) is 15.9 Å². The zero-order chi connectivity index (χ0) is 5.82. The summed E-state index contributed by atoms with van der Waals surface area (Å²) in [5, 5.41) is 1.04. The third-order valence-corrected chi connectivity index (χ3v) is 2.71. The zero-order valence-electron chi connectivity index (χ0n) is 4.76. The van der Waals surface area contributed by atoms with Gasteiger partial charge in [0.05, 0.1) is 6.26 Å². The fourth-order valence-corrected chi connectivity index (χ4v) is 2.07. The summed E-state index contributed by atoms with van der Waals surface area (Å²) in [5.41, 5.74) is 0. The van der Waals surface area contributed by atoms with Gasteiger partial charge in [-0.3, -0.25) is 0 Å². The number of hydrogen-bond donors (Lipinski definition) is 0. The van der Waals surface area contributed by atoms with Crippen molar-refractivity contribution in [3.63, 3.8) is 0 Å². The maximum atomic E-state index is 5.07. The first-order valence-corrected chi connectivity index (χ1v) is 4.55. The highest BCUT2D eigenvalue weighted by Gasteiger charge is 1.90. The molecule has 1 aromatic heterocycles. The minimum atomic E-state index is -0.464. The SMILES string of the molecule is [SiH3]O[SiH2]c1ccco1. The molecule has 0 spiro atoms. The summed E-state index contributed by atoms with van der Waals surface area (Å²) in [7, 11) is 0.373. The Kier molecular flexibility index (Phi) is 2.07. The Bertz CT molecular complexity index is 138. The van der Waals surface area contributed by atoms with Crippen molar-refractivity contribution in [2.45, 2.75) is 0 Å². The normalized spacial score (nSPS) is 11.5. The lowest BCUT2D eigenvalue weighted by atomic mass is 10.7. The fourth-order valence-electron chi connectivity index (χ4n) is 0.537. The number of furan rings is 1. The summed E-state index contributed by atoms with van der Waals surface area (Å²) in [4.78, 5) is 0. The molecule has 0 aliphatic rings. The van der Waals surface area contributed by atoms with Crippen molar-refractivity contribution >= 4 is 25.6 Å². The lowest BCUT2D eigenvalue weighted by Gasteiger charge is -1.88. The van der Waals surface area contributed by atoms with E-state index in [-0.39, 0.29) is 0 Å². The van der Waals surface area contributed by atoms with E-state index in [0.29, 0.717) is 0 Å². The quantitative estimate of drug-likeness (QED) is 0.461. The molecule has 0 amide bonds. The van der Waals surface area contributed by atoms with Gasteiger partial charge in [-0.25, -0.2) is 0 Å². The summed E-state index contributed by atoms with van der Waals surface area (Å²) in [6.45, 7) is 0. The topological polar surface area (TPSA) is 22.4 Å². The third-order valence-electron chi connectivity index (χ3n) is 0.867. The molecule has 1 aromatic rings. The van der Waals surface area contributed by atoms with Gasteiger partial charge < -0.3 is 8.53 Å². The minimum absolute atomic E-state index is 0.464. The molecule has 0 aliphatic heterocycles. The first-order chi connectivity index (χ1) is 3.93. The Balaban J connectivity index is 2.50. The lowest BCUT2D eigenvalue weighted by molar-refractivity contribution is 0.581. The van der Waals surface area contributed by atoms with Gasteiger partial charge in [0, 0.05) is 0 Å². The highest BCUT2D eigenvalue weighted by atomic mass is 28.3. The molecule has 0 N–H and O–H groups in total. The number of rotatable bonds is 2. The van der Waals surface area contributed by atoms with Crippen molar-refractivity contribution in [2.24, 2.45) is 0 Å². The smallest absolute Gasteiger partial charge is 0.221 e. The molecule has 0 atom stereocenters. The van der Waals surface area contributed by atoms with Crippen LogP contribution in [0, 0.1) is 0 Å². The van der Waals surface area contributed by atoms with Crippen LogP contribution in [0.25, 0.3) is 0 Å². The first kappa shape index (κ1) is 5.80. The molecule has 0 bridgehead atoms. The molecule has 0 saturated carbocycles. The molecule has 44 valence electrons. The Labute approximate surface area is 53.3 Å².